The molecule has 0 fully saturated rings. The molecule has 128 valence electrons. The molecule has 0 spiro atoms. The van der Waals surface area contributed by atoms with Gasteiger partial charge < -0.3 is 4.74 Å². The lowest BCUT2D eigenvalue weighted by molar-refractivity contribution is 0.292. The van der Waals surface area contributed by atoms with Crippen LogP contribution < -0.4 is 4.74 Å². The molecular weight excluding hydrogens is 324 g/mol. The number of pyridine rings is 1. The Hall–Kier alpha value is -3.26. The van der Waals surface area contributed by atoms with Crippen molar-refractivity contribution in [3.8, 4) is 23.1 Å². The number of hydrogen-bond acceptors (Lipinski definition) is 5. The molecule has 1 aliphatic carbocycles. The summed E-state index contributed by atoms with van der Waals surface area (Å²) in [6.07, 6.45) is 9.56. The highest BCUT2D eigenvalue weighted by Crippen LogP contribution is 2.33. The number of nitrogens with zero attached hydrogens (tertiary/aromatic N) is 4. The van der Waals surface area contributed by atoms with Gasteiger partial charge in [0.2, 0.25) is 5.88 Å². The van der Waals surface area contributed by atoms with Crippen LogP contribution in [0.5, 0.6) is 5.88 Å². The van der Waals surface area contributed by atoms with Gasteiger partial charge in [0.05, 0.1) is 11.6 Å². The fourth-order valence-corrected chi connectivity index (χ4v) is 3.28. The highest BCUT2D eigenvalue weighted by molar-refractivity contribution is 5.68. The normalized spacial score (nSPS) is 12.9. The van der Waals surface area contributed by atoms with E-state index < -0.39 is 0 Å². The Bertz CT molecular complexity index is 946. The van der Waals surface area contributed by atoms with Gasteiger partial charge >= 0.3 is 0 Å². The van der Waals surface area contributed by atoms with Crippen LogP contribution in [0.25, 0.3) is 11.1 Å². The average molecular weight is 342 g/mol. The van der Waals surface area contributed by atoms with E-state index in [9.17, 15) is 0 Å². The molecule has 2 heterocycles. The second kappa shape index (κ2) is 7.32. The van der Waals surface area contributed by atoms with Crippen molar-refractivity contribution < 1.29 is 4.74 Å². The van der Waals surface area contributed by atoms with Gasteiger partial charge in [-0.2, -0.15) is 5.26 Å². The van der Waals surface area contributed by atoms with Gasteiger partial charge in [-0.1, -0.05) is 12.1 Å². The highest BCUT2D eigenvalue weighted by atomic mass is 16.5. The molecule has 0 bridgehead atoms. The Labute approximate surface area is 152 Å². The number of benzene rings is 1. The number of aromatic nitrogens is 3. The van der Waals surface area contributed by atoms with Crippen LogP contribution in [0.3, 0.4) is 0 Å². The molecule has 1 aliphatic rings. The van der Waals surface area contributed by atoms with Crippen LogP contribution in [0.15, 0.2) is 49.1 Å². The van der Waals surface area contributed by atoms with E-state index in [4.69, 9.17) is 15.0 Å². The third-order valence-corrected chi connectivity index (χ3v) is 4.62. The number of fused-ring (bicyclic) bond motifs is 1. The number of aryl methyl sites for hydroxylation is 1. The van der Waals surface area contributed by atoms with Gasteiger partial charge in [0.25, 0.3) is 0 Å². The zero-order valence-electron chi connectivity index (χ0n) is 14.4. The van der Waals surface area contributed by atoms with E-state index in [1.165, 1.54) is 12.0 Å². The molecule has 0 unspecified atom stereocenters. The van der Waals surface area contributed by atoms with Crippen molar-refractivity contribution >= 4 is 0 Å². The third-order valence-electron chi connectivity index (χ3n) is 4.62. The number of rotatable bonds is 4. The van der Waals surface area contributed by atoms with Crippen molar-refractivity contribution in [3.05, 3.63) is 71.4 Å². The second-order valence-electron chi connectivity index (χ2n) is 6.36. The maximum Gasteiger partial charge on any atom is 0.214 e. The van der Waals surface area contributed by atoms with Gasteiger partial charge in [0, 0.05) is 29.7 Å². The highest BCUT2D eigenvalue weighted by Gasteiger charge is 2.18. The molecule has 0 radical (unpaired) electrons. The van der Waals surface area contributed by atoms with Crippen molar-refractivity contribution in [3.63, 3.8) is 0 Å². The quantitative estimate of drug-likeness (QED) is 0.720. The van der Waals surface area contributed by atoms with E-state index in [0.29, 0.717) is 18.1 Å². The lowest BCUT2D eigenvalue weighted by atomic mass is 9.90. The summed E-state index contributed by atoms with van der Waals surface area (Å²) >= 11 is 0. The van der Waals surface area contributed by atoms with Crippen LogP contribution in [0.4, 0.5) is 0 Å². The summed E-state index contributed by atoms with van der Waals surface area (Å²) in [7, 11) is 0. The molecule has 0 N–H and O–H groups in total. The van der Waals surface area contributed by atoms with Crippen LogP contribution in [-0.4, -0.2) is 15.0 Å². The molecule has 0 amide bonds. The minimum Gasteiger partial charge on any atom is -0.473 e. The number of ether oxygens (including phenoxy) is 1. The Morgan fingerprint density at radius 1 is 1.04 bits per heavy atom. The Morgan fingerprint density at radius 2 is 1.81 bits per heavy atom. The SMILES string of the molecule is N#Cc1ccc(COc2cc(-c3cncnc3)c3c(n2)CCCC3)cc1. The molecule has 0 atom stereocenters. The third kappa shape index (κ3) is 3.40. The van der Waals surface area contributed by atoms with Crippen LogP contribution in [0.2, 0.25) is 0 Å². The summed E-state index contributed by atoms with van der Waals surface area (Å²) < 4.78 is 5.96. The molecular formula is C21H18N4O. The second-order valence-corrected chi connectivity index (χ2v) is 6.36. The average Bonchev–Trinajstić information content (AvgIpc) is 2.72. The van der Waals surface area contributed by atoms with Crippen molar-refractivity contribution in [2.75, 3.05) is 0 Å². The monoisotopic (exact) mass is 342 g/mol. The fraction of sp³-hybridized carbons (Fsp3) is 0.238. The van der Waals surface area contributed by atoms with Crippen molar-refractivity contribution in [2.45, 2.75) is 32.3 Å². The smallest absolute Gasteiger partial charge is 0.214 e. The first-order valence-electron chi connectivity index (χ1n) is 8.73. The largest absolute Gasteiger partial charge is 0.473 e. The minimum absolute atomic E-state index is 0.419. The maximum absolute atomic E-state index is 8.89. The zero-order chi connectivity index (χ0) is 17.8. The van der Waals surface area contributed by atoms with Crippen molar-refractivity contribution in [1.82, 2.24) is 15.0 Å². The lowest BCUT2D eigenvalue weighted by Gasteiger charge is -2.20. The molecule has 0 saturated heterocycles. The molecule has 3 aromatic rings. The Kier molecular flexibility index (Phi) is 4.57. The Balaban J connectivity index is 1.63. The van der Waals surface area contributed by atoms with Gasteiger partial charge in [0.1, 0.15) is 12.9 Å². The van der Waals surface area contributed by atoms with E-state index in [1.54, 1.807) is 18.5 Å². The fourth-order valence-electron chi connectivity index (χ4n) is 3.28. The van der Waals surface area contributed by atoms with Crippen LogP contribution in [0.1, 0.15) is 35.2 Å². The molecule has 2 aromatic heterocycles. The molecule has 26 heavy (non-hydrogen) atoms. The van der Waals surface area contributed by atoms with Gasteiger partial charge in [-0.05, 0) is 54.5 Å². The van der Waals surface area contributed by atoms with E-state index in [0.717, 1.165) is 41.6 Å². The summed E-state index contributed by atoms with van der Waals surface area (Å²) in [4.78, 5) is 13.0. The standard InChI is InChI=1S/C21H18N4O/c22-10-15-5-7-16(8-6-15)13-26-21-9-19(17-11-23-14-24-12-17)18-3-1-2-4-20(18)25-21/h5-9,11-12,14H,1-4,13H2. The predicted molar refractivity (Wildman–Crippen MR) is 97.4 cm³/mol. The van der Waals surface area contributed by atoms with Crippen LogP contribution in [0, 0.1) is 11.3 Å². The molecule has 4 rings (SSSR count). The van der Waals surface area contributed by atoms with Gasteiger partial charge in [-0.3, -0.25) is 0 Å². The number of hydrogen-bond donors (Lipinski definition) is 0. The van der Waals surface area contributed by atoms with Crippen molar-refractivity contribution in [1.29, 1.82) is 5.26 Å². The molecule has 1 aromatic carbocycles. The minimum atomic E-state index is 0.419. The van der Waals surface area contributed by atoms with Gasteiger partial charge in [0.15, 0.2) is 0 Å². The van der Waals surface area contributed by atoms with E-state index in [2.05, 4.69) is 16.0 Å². The first-order valence-corrected chi connectivity index (χ1v) is 8.73. The topological polar surface area (TPSA) is 71.7 Å². The first kappa shape index (κ1) is 16.2. The summed E-state index contributed by atoms with van der Waals surface area (Å²) in [5.74, 6) is 0.619. The van der Waals surface area contributed by atoms with E-state index >= 15 is 0 Å². The van der Waals surface area contributed by atoms with E-state index in [1.807, 2.05) is 30.6 Å². The summed E-state index contributed by atoms with van der Waals surface area (Å²) in [6.45, 7) is 0.419. The van der Waals surface area contributed by atoms with Crippen LogP contribution >= 0.6 is 0 Å². The summed E-state index contributed by atoms with van der Waals surface area (Å²) in [6, 6.07) is 11.5. The summed E-state index contributed by atoms with van der Waals surface area (Å²) in [5.41, 5.74) is 6.17. The van der Waals surface area contributed by atoms with Gasteiger partial charge in [-0.15, -0.1) is 0 Å². The van der Waals surface area contributed by atoms with Gasteiger partial charge in [-0.25, -0.2) is 15.0 Å². The Morgan fingerprint density at radius 3 is 2.58 bits per heavy atom. The predicted octanol–water partition coefficient (Wildman–Crippen LogP) is 3.87. The maximum atomic E-state index is 8.89. The molecule has 0 saturated carbocycles. The molecule has 5 heteroatoms. The molecule has 0 aliphatic heterocycles. The summed E-state index contributed by atoms with van der Waals surface area (Å²) in [5, 5.41) is 8.89. The number of nitriles is 1. The molecule has 5 nitrogen and oxygen atoms in total. The van der Waals surface area contributed by atoms with Crippen molar-refractivity contribution in [2.24, 2.45) is 0 Å². The van der Waals surface area contributed by atoms with E-state index in [-0.39, 0.29) is 0 Å². The lowest BCUT2D eigenvalue weighted by Crippen LogP contribution is -2.09. The van der Waals surface area contributed by atoms with Crippen LogP contribution in [-0.2, 0) is 19.4 Å². The zero-order valence-corrected chi connectivity index (χ0v) is 14.4. The first-order chi connectivity index (χ1) is 12.8.